The Morgan fingerprint density at radius 1 is 0.862 bits per heavy atom. The third-order valence-corrected chi connectivity index (χ3v) is 6.31. The van der Waals surface area contributed by atoms with Crippen LogP contribution in [0.3, 0.4) is 0 Å². The van der Waals surface area contributed by atoms with Crippen LogP contribution >= 0.6 is 15.9 Å². The van der Waals surface area contributed by atoms with E-state index in [1.807, 2.05) is 6.07 Å². The van der Waals surface area contributed by atoms with Crippen molar-refractivity contribution in [3.8, 4) is 17.2 Å². The maximum atomic E-state index is 5.52. The van der Waals surface area contributed by atoms with E-state index in [2.05, 4.69) is 63.0 Å². The number of methoxy groups -OCH3 is 3. The fourth-order valence-corrected chi connectivity index (χ4v) is 4.53. The average molecular weight is 463 g/mol. The molecule has 0 radical (unpaired) electrons. The molecule has 1 aliphatic heterocycles. The van der Waals surface area contributed by atoms with Crippen molar-refractivity contribution in [3.63, 3.8) is 0 Å². The smallest absolute Gasteiger partial charge is 0.161 e. The Morgan fingerprint density at radius 2 is 1.62 bits per heavy atom. The molecule has 0 spiro atoms. The minimum atomic E-state index is 0.370. The molecule has 29 heavy (non-hydrogen) atoms. The highest BCUT2D eigenvalue weighted by Gasteiger charge is 2.23. The van der Waals surface area contributed by atoms with E-state index in [1.54, 1.807) is 21.3 Å². The summed E-state index contributed by atoms with van der Waals surface area (Å²) in [5.74, 6) is 2.44. The summed E-state index contributed by atoms with van der Waals surface area (Å²) in [5, 5.41) is 0. The van der Waals surface area contributed by atoms with Crippen molar-refractivity contribution < 1.29 is 14.2 Å². The highest BCUT2D eigenvalue weighted by atomic mass is 79.9. The maximum absolute atomic E-state index is 5.52. The summed E-state index contributed by atoms with van der Waals surface area (Å²) in [5.41, 5.74) is 2.50. The Hall–Kier alpha value is -1.92. The lowest BCUT2D eigenvalue weighted by atomic mass is 10.0. The number of ether oxygens (including phenoxy) is 3. The molecule has 1 heterocycles. The van der Waals surface area contributed by atoms with E-state index in [1.165, 1.54) is 11.3 Å². The Balaban J connectivity index is 1.75. The van der Waals surface area contributed by atoms with Gasteiger partial charge in [0.25, 0.3) is 0 Å². The molecule has 6 heteroatoms. The van der Waals surface area contributed by atoms with Crippen molar-refractivity contribution >= 4 is 21.6 Å². The van der Waals surface area contributed by atoms with Gasteiger partial charge in [0.15, 0.2) is 11.5 Å². The summed E-state index contributed by atoms with van der Waals surface area (Å²) in [6.07, 6.45) is 2.18. The summed E-state index contributed by atoms with van der Waals surface area (Å²) in [6, 6.07) is 13.0. The number of benzene rings is 2. The zero-order chi connectivity index (χ0) is 20.8. The van der Waals surface area contributed by atoms with Gasteiger partial charge >= 0.3 is 0 Å². The summed E-state index contributed by atoms with van der Waals surface area (Å²) in [7, 11) is 5.08. The first kappa shape index (κ1) is 21.8. The number of halogens is 1. The lowest BCUT2D eigenvalue weighted by molar-refractivity contribution is 0.205. The molecule has 0 saturated carbocycles. The number of rotatable bonds is 7. The minimum Gasteiger partial charge on any atom is -0.495 e. The van der Waals surface area contributed by atoms with Crippen LogP contribution in [0.4, 0.5) is 5.69 Å². The van der Waals surface area contributed by atoms with Gasteiger partial charge in [-0.2, -0.15) is 0 Å². The first-order valence-electron chi connectivity index (χ1n) is 10.2. The highest BCUT2D eigenvalue weighted by molar-refractivity contribution is 9.10. The summed E-state index contributed by atoms with van der Waals surface area (Å²) in [6.45, 7) is 6.39. The van der Waals surface area contributed by atoms with Crippen LogP contribution in [0.25, 0.3) is 0 Å². The molecule has 158 valence electrons. The monoisotopic (exact) mass is 462 g/mol. The van der Waals surface area contributed by atoms with Crippen molar-refractivity contribution in [3.05, 3.63) is 46.4 Å². The normalized spacial score (nSPS) is 16.2. The van der Waals surface area contributed by atoms with Crippen LogP contribution in [-0.4, -0.2) is 52.4 Å². The molecule has 3 rings (SSSR count). The van der Waals surface area contributed by atoms with Crippen molar-refractivity contribution in [1.82, 2.24) is 4.90 Å². The highest BCUT2D eigenvalue weighted by Crippen LogP contribution is 2.34. The van der Waals surface area contributed by atoms with E-state index in [0.717, 1.165) is 60.7 Å². The van der Waals surface area contributed by atoms with Crippen LogP contribution < -0.4 is 19.1 Å². The fourth-order valence-electron chi connectivity index (χ4n) is 4.12. The topological polar surface area (TPSA) is 34.2 Å². The first-order chi connectivity index (χ1) is 14.1. The van der Waals surface area contributed by atoms with Gasteiger partial charge in [0.2, 0.25) is 0 Å². The predicted octanol–water partition coefficient (Wildman–Crippen LogP) is 5.14. The second kappa shape index (κ2) is 10.2. The van der Waals surface area contributed by atoms with Crippen LogP contribution in [0.5, 0.6) is 17.2 Å². The molecule has 0 amide bonds. The van der Waals surface area contributed by atoms with Crippen LogP contribution in [-0.2, 0) is 0 Å². The summed E-state index contributed by atoms with van der Waals surface area (Å²) in [4.78, 5) is 5.05. The SMILES string of the molecule is CCC(c1ccc(OC)c(OC)c1)N1CCCN(c2ccc(Br)c(OC)c2)CC1. The van der Waals surface area contributed by atoms with E-state index in [4.69, 9.17) is 14.2 Å². The van der Waals surface area contributed by atoms with Crippen LogP contribution in [0.15, 0.2) is 40.9 Å². The van der Waals surface area contributed by atoms with Crippen LogP contribution in [0.2, 0.25) is 0 Å². The lowest BCUT2D eigenvalue weighted by Gasteiger charge is -2.31. The predicted molar refractivity (Wildman–Crippen MR) is 122 cm³/mol. The van der Waals surface area contributed by atoms with Crippen molar-refractivity contribution in [1.29, 1.82) is 0 Å². The second-order valence-corrected chi connectivity index (χ2v) is 8.09. The van der Waals surface area contributed by atoms with E-state index < -0.39 is 0 Å². The minimum absolute atomic E-state index is 0.370. The molecule has 1 fully saturated rings. The molecule has 1 atom stereocenters. The van der Waals surface area contributed by atoms with Crippen LogP contribution in [0, 0.1) is 0 Å². The maximum Gasteiger partial charge on any atom is 0.161 e. The molecular weight excluding hydrogens is 432 g/mol. The van der Waals surface area contributed by atoms with Crippen molar-refractivity contribution in [2.24, 2.45) is 0 Å². The van der Waals surface area contributed by atoms with Gasteiger partial charge in [-0.1, -0.05) is 13.0 Å². The molecule has 0 N–H and O–H groups in total. The van der Waals surface area contributed by atoms with Crippen molar-refractivity contribution in [2.75, 3.05) is 52.4 Å². The van der Waals surface area contributed by atoms with Gasteiger partial charge in [-0.25, -0.2) is 0 Å². The number of anilines is 1. The lowest BCUT2D eigenvalue weighted by Crippen LogP contribution is -2.33. The van der Waals surface area contributed by atoms with Gasteiger partial charge in [0.05, 0.1) is 25.8 Å². The van der Waals surface area contributed by atoms with Gasteiger partial charge < -0.3 is 19.1 Å². The van der Waals surface area contributed by atoms with E-state index >= 15 is 0 Å². The van der Waals surface area contributed by atoms with Gasteiger partial charge in [-0.3, -0.25) is 4.90 Å². The Morgan fingerprint density at radius 3 is 2.31 bits per heavy atom. The van der Waals surface area contributed by atoms with Gasteiger partial charge in [0.1, 0.15) is 5.75 Å². The first-order valence-corrected chi connectivity index (χ1v) is 10.9. The standard InChI is InChI=1S/C23H31BrN2O3/c1-5-20(17-7-10-21(27-2)23(15-17)29-4)26-12-6-11-25(13-14-26)18-8-9-19(24)22(16-18)28-3/h7-10,15-16,20H,5-6,11-14H2,1-4H3. The molecule has 1 saturated heterocycles. The average Bonchev–Trinajstić information content (AvgIpc) is 3.01. The molecule has 5 nitrogen and oxygen atoms in total. The number of hydrogen-bond donors (Lipinski definition) is 0. The zero-order valence-corrected chi connectivity index (χ0v) is 19.4. The molecule has 0 aromatic heterocycles. The molecule has 1 aliphatic rings. The van der Waals surface area contributed by atoms with Gasteiger partial charge in [-0.05, 0) is 58.6 Å². The molecular formula is C23H31BrN2O3. The second-order valence-electron chi connectivity index (χ2n) is 7.23. The van der Waals surface area contributed by atoms with E-state index in [9.17, 15) is 0 Å². The van der Waals surface area contributed by atoms with E-state index in [0.29, 0.717) is 6.04 Å². The van der Waals surface area contributed by atoms with Gasteiger partial charge in [0, 0.05) is 44.0 Å². The Bertz CT molecular complexity index is 815. The third-order valence-electron chi connectivity index (χ3n) is 5.65. The number of nitrogens with zero attached hydrogens (tertiary/aromatic N) is 2. The third kappa shape index (κ3) is 4.98. The molecule has 2 aromatic carbocycles. The molecule has 2 aromatic rings. The molecule has 0 bridgehead atoms. The number of hydrogen-bond acceptors (Lipinski definition) is 5. The quantitative estimate of drug-likeness (QED) is 0.568. The molecule has 0 aliphatic carbocycles. The largest absolute Gasteiger partial charge is 0.495 e. The van der Waals surface area contributed by atoms with Crippen LogP contribution in [0.1, 0.15) is 31.4 Å². The van der Waals surface area contributed by atoms with Crippen molar-refractivity contribution in [2.45, 2.75) is 25.8 Å². The fraction of sp³-hybridized carbons (Fsp3) is 0.478. The van der Waals surface area contributed by atoms with E-state index in [-0.39, 0.29) is 0 Å². The summed E-state index contributed by atoms with van der Waals surface area (Å²) >= 11 is 3.54. The van der Waals surface area contributed by atoms with Gasteiger partial charge in [-0.15, -0.1) is 0 Å². The zero-order valence-electron chi connectivity index (χ0n) is 17.8. The Kier molecular flexibility index (Phi) is 7.67. The molecule has 1 unspecified atom stereocenters. The summed E-state index contributed by atoms with van der Waals surface area (Å²) < 4.78 is 17.4. The Labute approximate surface area is 182 Å².